The molecule has 2 N–H and O–H groups in total. The topological polar surface area (TPSA) is 29.3 Å². The van der Waals surface area contributed by atoms with Crippen LogP contribution in [0.1, 0.15) is 44.1 Å². The lowest BCUT2D eigenvalue weighted by Gasteiger charge is -2.39. The molecule has 104 valence electrons. The van der Waals surface area contributed by atoms with Gasteiger partial charge in [0.1, 0.15) is 0 Å². The first kappa shape index (κ1) is 13.4. The molecule has 0 aromatic heterocycles. The number of nitrogens with zero attached hydrogens (tertiary/aromatic N) is 1. The van der Waals surface area contributed by atoms with Crippen molar-refractivity contribution in [3.63, 3.8) is 0 Å². The van der Waals surface area contributed by atoms with Crippen molar-refractivity contribution >= 4 is 21.6 Å². The molecule has 19 heavy (non-hydrogen) atoms. The number of likely N-dealkylation sites (tertiary alicyclic amines) is 1. The third-order valence-corrected chi connectivity index (χ3v) is 5.86. The predicted octanol–water partition coefficient (Wildman–Crippen LogP) is 4.19. The molecular formula is C16H23BrN2. The van der Waals surface area contributed by atoms with E-state index in [2.05, 4.69) is 26.9 Å². The summed E-state index contributed by atoms with van der Waals surface area (Å²) in [5.41, 5.74) is 8.97. The Labute approximate surface area is 124 Å². The molecule has 1 aromatic carbocycles. The summed E-state index contributed by atoms with van der Waals surface area (Å²) in [7, 11) is 0. The maximum atomic E-state index is 6.10. The number of hydrogen-bond donors (Lipinski definition) is 1. The van der Waals surface area contributed by atoms with Crippen LogP contribution in [0.25, 0.3) is 0 Å². The van der Waals surface area contributed by atoms with E-state index in [0.717, 1.165) is 16.7 Å². The molecule has 2 fully saturated rings. The predicted molar refractivity (Wildman–Crippen MR) is 84.0 cm³/mol. The zero-order valence-corrected chi connectivity index (χ0v) is 13.1. The minimum Gasteiger partial charge on any atom is -0.398 e. The molecule has 1 aliphatic carbocycles. The molecule has 2 aliphatic rings. The van der Waals surface area contributed by atoms with Crippen LogP contribution in [0.3, 0.4) is 0 Å². The summed E-state index contributed by atoms with van der Waals surface area (Å²) >= 11 is 3.63. The highest BCUT2D eigenvalue weighted by Crippen LogP contribution is 2.46. The normalized spacial score (nSPS) is 23.0. The van der Waals surface area contributed by atoms with E-state index in [4.69, 9.17) is 5.73 Å². The number of nitrogen functional groups attached to an aromatic ring is 1. The summed E-state index contributed by atoms with van der Waals surface area (Å²) in [6.45, 7) is 3.46. The van der Waals surface area contributed by atoms with Crippen LogP contribution < -0.4 is 5.73 Å². The highest BCUT2D eigenvalue weighted by Gasteiger charge is 2.36. The summed E-state index contributed by atoms with van der Waals surface area (Å²) in [6.07, 6.45) is 8.62. The molecule has 1 aromatic rings. The van der Waals surface area contributed by atoms with Gasteiger partial charge in [-0.15, -0.1) is 0 Å². The van der Waals surface area contributed by atoms with Gasteiger partial charge in [-0.2, -0.15) is 0 Å². The average molecular weight is 323 g/mol. The molecule has 1 aliphatic heterocycles. The lowest BCUT2D eigenvalue weighted by atomic mass is 9.77. The van der Waals surface area contributed by atoms with Crippen molar-refractivity contribution in [2.24, 2.45) is 5.41 Å². The Hall–Kier alpha value is -0.540. The van der Waals surface area contributed by atoms with Crippen molar-refractivity contribution < 1.29 is 0 Å². The SMILES string of the molecule is Nc1cccc(Br)c1CN1CCC2(CCCC2)CC1. The van der Waals surface area contributed by atoms with Crippen molar-refractivity contribution in [1.29, 1.82) is 0 Å². The van der Waals surface area contributed by atoms with Gasteiger partial charge >= 0.3 is 0 Å². The van der Waals surface area contributed by atoms with Crippen LogP contribution in [-0.2, 0) is 6.54 Å². The summed E-state index contributed by atoms with van der Waals surface area (Å²) in [5, 5.41) is 0. The summed E-state index contributed by atoms with van der Waals surface area (Å²) in [4.78, 5) is 2.57. The molecule has 1 saturated carbocycles. The van der Waals surface area contributed by atoms with Crippen LogP contribution in [0.2, 0.25) is 0 Å². The van der Waals surface area contributed by atoms with Gasteiger partial charge in [0.05, 0.1) is 0 Å². The quantitative estimate of drug-likeness (QED) is 0.827. The molecular weight excluding hydrogens is 300 g/mol. The second-order valence-electron chi connectivity index (χ2n) is 6.29. The van der Waals surface area contributed by atoms with E-state index >= 15 is 0 Å². The molecule has 1 spiro atoms. The summed E-state index contributed by atoms with van der Waals surface area (Å²) in [5.74, 6) is 0. The largest absolute Gasteiger partial charge is 0.398 e. The molecule has 3 rings (SSSR count). The Morgan fingerprint density at radius 1 is 1.11 bits per heavy atom. The van der Waals surface area contributed by atoms with Gasteiger partial charge in [-0.3, -0.25) is 4.90 Å². The van der Waals surface area contributed by atoms with Crippen molar-refractivity contribution in [1.82, 2.24) is 4.90 Å². The first-order valence-electron chi connectivity index (χ1n) is 7.44. The second-order valence-corrected chi connectivity index (χ2v) is 7.15. The number of benzene rings is 1. The highest BCUT2D eigenvalue weighted by atomic mass is 79.9. The number of anilines is 1. The van der Waals surface area contributed by atoms with Gasteiger partial charge in [0.25, 0.3) is 0 Å². The standard InChI is InChI=1S/C16H23BrN2/c17-14-4-3-5-15(18)13(14)12-19-10-8-16(9-11-19)6-1-2-7-16/h3-5H,1-2,6-12,18H2. The summed E-state index contributed by atoms with van der Waals surface area (Å²) < 4.78 is 1.15. The van der Waals surface area contributed by atoms with Gasteiger partial charge < -0.3 is 5.73 Å². The molecule has 0 radical (unpaired) electrons. The smallest absolute Gasteiger partial charge is 0.0371 e. The number of piperidine rings is 1. The Morgan fingerprint density at radius 3 is 2.42 bits per heavy atom. The van der Waals surface area contributed by atoms with Gasteiger partial charge in [-0.05, 0) is 56.3 Å². The lowest BCUT2D eigenvalue weighted by molar-refractivity contribution is 0.103. The van der Waals surface area contributed by atoms with Gasteiger partial charge in [0.15, 0.2) is 0 Å². The third kappa shape index (κ3) is 2.82. The van der Waals surface area contributed by atoms with E-state index < -0.39 is 0 Å². The van der Waals surface area contributed by atoms with E-state index in [0.29, 0.717) is 5.41 Å². The van der Waals surface area contributed by atoms with Crippen LogP contribution in [0.15, 0.2) is 22.7 Å². The third-order valence-electron chi connectivity index (χ3n) is 5.12. The molecule has 0 atom stereocenters. The van der Waals surface area contributed by atoms with Crippen LogP contribution in [-0.4, -0.2) is 18.0 Å². The molecule has 0 unspecified atom stereocenters. The van der Waals surface area contributed by atoms with E-state index in [1.54, 1.807) is 0 Å². The van der Waals surface area contributed by atoms with Crippen molar-refractivity contribution in [2.45, 2.75) is 45.1 Å². The number of nitrogens with two attached hydrogens (primary N) is 1. The molecule has 3 heteroatoms. The zero-order chi connectivity index (χ0) is 13.3. The molecule has 0 amide bonds. The van der Waals surface area contributed by atoms with Crippen molar-refractivity contribution in [2.75, 3.05) is 18.8 Å². The maximum absolute atomic E-state index is 6.10. The first-order valence-corrected chi connectivity index (χ1v) is 8.23. The van der Waals surface area contributed by atoms with Crippen LogP contribution in [0, 0.1) is 5.41 Å². The maximum Gasteiger partial charge on any atom is 0.0371 e. The lowest BCUT2D eigenvalue weighted by Crippen LogP contribution is -2.38. The van der Waals surface area contributed by atoms with Crippen LogP contribution >= 0.6 is 15.9 Å². The molecule has 1 heterocycles. The Balaban J connectivity index is 1.63. The van der Waals surface area contributed by atoms with E-state index in [1.807, 2.05) is 12.1 Å². The number of halogens is 1. The molecule has 2 nitrogen and oxygen atoms in total. The average Bonchev–Trinajstić information content (AvgIpc) is 2.85. The monoisotopic (exact) mass is 322 g/mol. The molecule has 1 saturated heterocycles. The van der Waals surface area contributed by atoms with E-state index in [9.17, 15) is 0 Å². The molecule has 0 bridgehead atoms. The fourth-order valence-corrected chi connectivity index (χ4v) is 4.28. The Morgan fingerprint density at radius 2 is 1.79 bits per heavy atom. The second kappa shape index (κ2) is 5.45. The highest BCUT2D eigenvalue weighted by molar-refractivity contribution is 9.10. The summed E-state index contributed by atoms with van der Waals surface area (Å²) in [6, 6.07) is 6.10. The van der Waals surface area contributed by atoms with E-state index in [1.165, 1.54) is 57.2 Å². The number of rotatable bonds is 2. The Kier molecular flexibility index (Phi) is 3.86. The van der Waals surface area contributed by atoms with Crippen molar-refractivity contribution in [3.05, 3.63) is 28.2 Å². The zero-order valence-electron chi connectivity index (χ0n) is 11.5. The fraction of sp³-hybridized carbons (Fsp3) is 0.625. The van der Waals surface area contributed by atoms with Crippen LogP contribution in [0.4, 0.5) is 5.69 Å². The Bertz CT molecular complexity index is 422. The minimum atomic E-state index is 0.704. The minimum absolute atomic E-state index is 0.704. The van der Waals surface area contributed by atoms with Gasteiger partial charge in [0, 0.05) is 22.3 Å². The van der Waals surface area contributed by atoms with Crippen molar-refractivity contribution in [3.8, 4) is 0 Å². The first-order chi connectivity index (χ1) is 9.19. The van der Waals surface area contributed by atoms with Crippen LogP contribution in [0.5, 0.6) is 0 Å². The fourth-order valence-electron chi connectivity index (χ4n) is 3.78. The van der Waals surface area contributed by atoms with E-state index in [-0.39, 0.29) is 0 Å². The van der Waals surface area contributed by atoms with Gasteiger partial charge in [-0.25, -0.2) is 0 Å². The number of hydrogen-bond acceptors (Lipinski definition) is 2. The van der Waals surface area contributed by atoms with Gasteiger partial charge in [-0.1, -0.05) is 34.8 Å². The van der Waals surface area contributed by atoms with Gasteiger partial charge in [0.2, 0.25) is 0 Å².